The van der Waals surface area contributed by atoms with Gasteiger partial charge in [0, 0.05) is 29.4 Å². The molecule has 0 unspecified atom stereocenters. The van der Waals surface area contributed by atoms with Gasteiger partial charge in [-0.15, -0.1) is 0 Å². The summed E-state index contributed by atoms with van der Waals surface area (Å²) in [6, 6.07) is 22.0. The number of esters is 1. The monoisotopic (exact) mass is 668 g/mol. The van der Waals surface area contributed by atoms with E-state index in [1.54, 1.807) is 43.3 Å². The minimum atomic E-state index is -1.21. The Bertz CT molecular complexity index is 1670. The second-order valence-electron chi connectivity index (χ2n) is 11.7. The van der Waals surface area contributed by atoms with E-state index in [0.29, 0.717) is 27.9 Å². The number of carboxylic acids is 1. The van der Waals surface area contributed by atoms with Gasteiger partial charge in [0.2, 0.25) is 0 Å². The van der Waals surface area contributed by atoms with Crippen molar-refractivity contribution in [2.45, 2.75) is 71.2 Å². The Kier molecular flexibility index (Phi) is 14.6. The molecule has 4 aromatic rings. The van der Waals surface area contributed by atoms with Gasteiger partial charge in [0.15, 0.2) is 0 Å². The van der Waals surface area contributed by atoms with Crippen molar-refractivity contribution < 1.29 is 38.8 Å². The molecule has 0 saturated heterocycles. The summed E-state index contributed by atoms with van der Waals surface area (Å²) in [5, 5.41) is 33.0. The molecule has 0 aliphatic rings. The van der Waals surface area contributed by atoms with E-state index >= 15 is 0 Å². The number of aliphatic hydroxyl groups is 2. The third-order valence-corrected chi connectivity index (χ3v) is 7.82. The number of aromatic nitrogens is 1. The number of carboxylic acid groups (broad SMARTS) is 1. The van der Waals surface area contributed by atoms with Gasteiger partial charge < -0.3 is 29.9 Å². The van der Waals surface area contributed by atoms with Gasteiger partial charge >= 0.3 is 41.5 Å². The van der Waals surface area contributed by atoms with Crippen molar-refractivity contribution >= 4 is 47.4 Å². The van der Waals surface area contributed by atoms with Crippen LogP contribution in [0, 0.1) is 5.82 Å². The van der Waals surface area contributed by atoms with Crippen molar-refractivity contribution in [2.75, 3.05) is 6.61 Å². The Labute approximate surface area is 302 Å². The SMILES string of the molecule is CCOC(=O)c1ccc(CNC(=O)c2c(-c3ccccc3)c(-c3ccc(F)cc3)c(CC[C@@H](O)C[C@@H](O)CC(=O)O)n2C(C)C)cc1.[NaH]. The number of carbonyl (C=O) groups is 3. The molecule has 4 N–H and O–H groups in total. The molecule has 4 rings (SSSR count). The van der Waals surface area contributed by atoms with Crippen LogP contribution in [-0.2, 0) is 22.5 Å². The number of rotatable bonds is 15. The molecule has 0 spiro atoms. The first-order valence-corrected chi connectivity index (χ1v) is 15.7. The van der Waals surface area contributed by atoms with Gasteiger partial charge in [-0.2, -0.15) is 0 Å². The third kappa shape index (κ3) is 9.87. The molecule has 9 nitrogen and oxygen atoms in total. The molecule has 3 aromatic carbocycles. The van der Waals surface area contributed by atoms with Crippen molar-refractivity contribution in [3.8, 4) is 22.3 Å². The van der Waals surface area contributed by atoms with Crippen LogP contribution >= 0.6 is 0 Å². The van der Waals surface area contributed by atoms with E-state index in [1.807, 2.05) is 48.7 Å². The molecule has 2 atom stereocenters. The molecular weight excluding hydrogens is 626 g/mol. The summed E-state index contributed by atoms with van der Waals surface area (Å²) in [6.45, 7) is 6.08. The summed E-state index contributed by atoms with van der Waals surface area (Å²) < 4.78 is 21.1. The van der Waals surface area contributed by atoms with Crippen molar-refractivity contribution in [3.05, 3.63) is 107 Å². The van der Waals surface area contributed by atoms with Crippen LogP contribution in [0.5, 0.6) is 0 Å². The van der Waals surface area contributed by atoms with Gasteiger partial charge in [0.25, 0.3) is 5.91 Å². The van der Waals surface area contributed by atoms with Crippen LogP contribution in [0.4, 0.5) is 4.39 Å². The number of carbonyl (C=O) groups excluding carboxylic acids is 2. The van der Waals surface area contributed by atoms with E-state index in [9.17, 15) is 29.0 Å². The number of hydrogen-bond donors (Lipinski definition) is 4. The van der Waals surface area contributed by atoms with Crippen LogP contribution in [0.1, 0.15) is 78.2 Å². The predicted octanol–water partition coefficient (Wildman–Crippen LogP) is 5.52. The molecular formula is C37H42FN2NaO7. The molecule has 0 saturated carbocycles. The number of aliphatic carboxylic acids is 1. The zero-order valence-corrected chi connectivity index (χ0v) is 26.8. The minimum absolute atomic E-state index is 0. The van der Waals surface area contributed by atoms with Crippen LogP contribution < -0.4 is 5.32 Å². The molecule has 11 heteroatoms. The third-order valence-electron chi connectivity index (χ3n) is 7.82. The molecule has 0 fully saturated rings. The molecule has 48 heavy (non-hydrogen) atoms. The average molecular weight is 669 g/mol. The van der Waals surface area contributed by atoms with Gasteiger partial charge in [-0.25, -0.2) is 9.18 Å². The molecule has 1 amide bonds. The van der Waals surface area contributed by atoms with Crippen molar-refractivity contribution in [3.63, 3.8) is 0 Å². The van der Waals surface area contributed by atoms with E-state index in [4.69, 9.17) is 9.84 Å². The van der Waals surface area contributed by atoms with Crippen molar-refractivity contribution in [2.24, 2.45) is 0 Å². The normalized spacial score (nSPS) is 12.2. The van der Waals surface area contributed by atoms with E-state index in [1.165, 1.54) is 12.1 Å². The van der Waals surface area contributed by atoms with Crippen LogP contribution in [0.15, 0.2) is 78.9 Å². The summed E-state index contributed by atoms with van der Waals surface area (Å²) in [5.74, 6) is -2.34. The summed E-state index contributed by atoms with van der Waals surface area (Å²) in [4.78, 5) is 37.3. The van der Waals surface area contributed by atoms with Gasteiger partial charge in [-0.05, 0) is 81.0 Å². The fourth-order valence-corrected chi connectivity index (χ4v) is 5.75. The van der Waals surface area contributed by atoms with Crippen molar-refractivity contribution in [1.82, 2.24) is 9.88 Å². The molecule has 1 aromatic heterocycles. The van der Waals surface area contributed by atoms with Gasteiger partial charge in [0.05, 0.1) is 30.8 Å². The Hall–Kier alpha value is -3.80. The van der Waals surface area contributed by atoms with E-state index in [2.05, 4.69) is 5.32 Å². The predicted molar refractivity (Wildman–Crippen MR) is 184 cm³/mol. The first kappa shape index (κ1) is 38.6. The number of amides is 1. The molecule has 0 aliphatic carbocycles. The summed E-state index contributed by atoms with van der Waals surface area (Å²) in [6.07, 6.45) is -2.33. The number of hydrogen-bond acceptors (Lipinski definition) is 6. The standard InChI is InChI=1S/C37H41FN2O7.Na.H/c1-4-47-37(46)27-12-10-24(11-13-27)22-39-36(45)35-34(25-8-6-5-7-9-25)33(26-14-16-28(38)17-15-26)31(40(35)23(2)3)19-18-29(41)20-30(42)21-32(43)44;;/h5-17,23,29-30,41-42H,4,18-22H2,1-3H3,(H,39,45)(H,43,44);;/t29-,30-;;/m1../s1. The second kappa shape index (κ2) is 18.1. The maximum absolute atomic E-state index is 14.2. The second-order valence-corrected chi connectivity index (χ2v) is 11.7. The number of ether oxygens (including phenoxy) is 1. The van der Waals surface area contributed by atoms with Crippen LogP contribution in [-0.4, -0.2) is 86.1 Å². The quantitative estimate of drug-likeness (QED) is 0.0967. The van der Waals surface area contributed by atoms with Gasteiger partial charge in [0.1, 0.15) is 11.5 Å². The first-order valence-electron chi connectivity index (χ1n) is 15.7. The number of aliphatic hydroxyl groups excluding tert-OH is 2. The summed E-state index contributed by atoms with van der Waals surface area (Å²) in [5.41, 5.74) is 5.14. The topological polar surface area (TPSA) is 138 Å². The summed E-state index contributed by atoms with van der Waals surface area (Å²) >= 11 is 0. The Balaban J connectivity index is 0.00000625. The van der Waals surface area contributed by atoms with Crippen LogP contribution in [0.2, 0.25) is 0 Å². The van der Waals surface area contributed by atoms with Crippen LogP contribution in [0.25, 0.3) is 22.3 Å². The first-order chi connectivity index (χ1) is 22.5. The zero-order valence-electron chi connectivity index (χ0n) is 26.8. The molecule has 0 bridgehead atoms. The number of halogens is 1. The zero-order chi connectivity index (χ0) is 34.1. The number of nitrogens with one attached hydrogen (secondary N) is 1. The fraction of sp³-hybridized carbons (Fsp3) is 0.324. The van der Waals surface area contributed by atoms with Gasteiger partial charge in [-0.3, -0.25) is 9.59 Å². The Morgan fingerprint density at radius 3 is 2.08 bits per heavy atom. The molecule has 1 heterocycles. The van der Waals surface area contributed by atoms with E-state index < -0.39 is 36.4 Å². The van der Waals surface area contributed by atoms with Gasteiger partial charge in [-0.1, -0.05) is 54.6 Å². The van der Waals surface area contributed by atoms with Crippen LogP contribution in [0.3, 0.4) is 0 Å². The maximum atomic E-state index is 14.2. The van der Waals surface area contributed by atoms with E-state index in [-0.39, 0.29) is 73.9 Å². The fourth-order valence-electron chi connectivity index (χ4n) is 5.75. The Morgan fingerprint density at radius 2 is 1.50 bits per heavy atom. The average Bonchev–Trinajstić information content (AvgIpc) is 3.39. The summed E-state index contributed by atoms with van der Waals surface area (Å²) in [7, 11) is 0. The molecule has 250 valence electrons. The molecule has 0 radical (unpaired) electrons. The van der Waals surface area contributed by atoms with Crippen molar-refractivity contribution in [1.29, 1.82) is 0 Å². The Morgan fingerprint density at radius 1 is 0.875 bits per heavy atom. The van der Waals surface area contributed by atoms with E-state index in [0.717, 1.165) is 16.8 Å². The number of nitrogens with zero attached hydrogens (tertiary/aromatic N) is 1. The molecule has 0 aliphatic heterocycles. The number of benzene rings is 3.